The van der Waals surface area contributed by atoms with Crippen molar-refractivity contribution >= 4 is 5.97 Å². The quantitative estimate of drug-likeness (QED) is 0.475. The van der Waals surface area contributed by atoms with Crippen LogP contribution in [0.2, 0.25) is 0 Å². The summed E-state index contributed by atoms with van der Waals surface area (Å²) in [5, 5.41) is 10.6. The number of hydrogen-bond acceptors (Lipinski definition) is 3. The lowest BCUT2D eigenvalue weighted by Gasteiger charge is -2.59. The van der Waals surface area contributed by atoms with E-state index in [4.69, 9.17) is 4.74 Å². The van der Waals surface area contributed by atoms with Crippen LogP contribution in [0, 0.1) is 22.7 Å². The van der Waals surface area contributed by atoms with Crippen molar-refractivity contribution in [2.24, 2.45) is 22.7 Å². The van der Waals surface area contributed by atoms with Crippen LogP contribution in [0.5, 0.6) is 0 Å². The number of carbonyl (C=O) groups excluding carboxylic acids is 1. The molecule has 3 nitrogen and oxygen atoms in total. The van der Waals surface area contributed by atoms with Gasteiger partial charge in [-0.15, -0.1) is 0 Å². The van der Waals surface area contributed by atoms with E-state index in [0.29, 0.717) is 18.9 Å². The molecule has 4 atom stereocenters. The highest BCUT2D eigenvalue weighted by molar-refractivity contribution is 5.90. The highest BCUT2D eigenvalue weighted by Gasteiger charge is 2.54. The van der Waals surface area contributed by atoms with E-state index in [1.807, 2.05) is 6.08 Å². The number of aliphatic hydroxyl groups excluding tert-OH is 1. The zero-order valence-corrected chi connectivity index (χ0v) is 14.7. The van der Waals surface area contributed by atoms with Gasteiger partial charge in [-0.3, -0.25) is 0 Å². The average molecular weight is 318 g/mol. The van der Waals surface area contributed by atoms with E-state index < -0.39 is 6.10 Å². The lowest BCUT2D eigenvalue weighted by molar-refractivity contribution is -0.135. The van der Waals surface area contributed by atoms with Crippen molar-refractivity contribution in [1.82, 2.24) is 0 Å². The lowest BCUT2D eigenvalue weighted by Crippen LogP contribution is -2.52. The molecule has 3 fully saturated rings. The number of rotatable bonds is 2. The first-order valence-electron chi connectivity index (χ1n) is 8.98. The minimum atomic E-state index is -0.413. The topological polar surface area (TPSA) is 46.5 Å². The Morgan fingerprint density at radius 3 is 2.74 bits per heavy atom. The molecular formula is C20H30O3. The summed E-state index contributed by atoms with van der Waals surface area (Å²) in [5.74, 6) is 0.581. The molecule has 0 spiro atoms. The molecule has 2 aliphatic carbocycles. The van der Waals surface area contributed by atoms with Crippen LogP contribution in [0.25, 0.3) is 0 Å². The summed E-state index contributed by atoms with van der Waals surface area (Å²) >= 11 is 0. The van der Waals surface area contributed by atoms with Gasteiger partial charge in [-0.05, 0) is 53.9 Å². The maximum atomic E-state index is 11.7. The van der Waals surface area contributed by atoms with Crippen molar-refractivity contribution in [3.8, 4) is 0 Å². The minimum absolute atomic E-state index is 0.164. The molecule has 3 heteroatoms. The summed E-state index contributed by atoms with van der Waals surface area (Å²) in [6.45, 7) is 11.8. The predicted octanol–water partition coefficient (Wildman–Crippen LogP) is 4.02. The van der Waals surface area contributed by atoms with Gasteiger partial charge in [0.1, 0.15) is 0 Å². The van der Waals surface area contributed by atoms with Crippen LogP contribution in [0.3, 0.4) is 0 Å². The molecule has 0 amide bonds. The third kappa shape index (κ3) is 2.77. The molecule has 1 aliphatic heterocycles. The van der Waals surface area contributed by atoms with Crippen molar-refractivity contribution in [2.75, 3.05) is 6.61 Å². The Bertz CT molecular complexity index is 545. The second-order valence-corrected chi connectivity index (χ2v) is 8.63. The van der Waals surface area contributed by atoms with E-state index in [1.54, 1.807) is 0 Å². The van der Waals surface area contributed by atoms with Crippen LogP contribution in [-0.4, -0.2) is 23.8 Å². The Hall–Kier alpha value is -1.09. The van der Waals surface area contributed by atoms with Crippen molar-refractivity contribution in [3.05, 3.63) is 23.8 Å². The van der Waals surface area contributed by atoms with Gasteiger partial charge in [0.25, 0.3) is 0 Å². The fraction of sp³-hybridized carbons (Fsp3) is 0.750. The molecule has 1 heterocycles. The first-order valence-corrected chi connectivity index (χ1v) is 8.98. The van der Waals surface area contributed by atoms with E-state index in [9.17, 15) is 9.90 Å². The van der Waals surface area contributed by atoms with Crippen LogP contribution in [-0.2, 0) is 9.53 Å². The lowest BCUT2D eigenvalue weighted by atomic mass is 9.46. The number of aliphatic hydroxyl groups is 1. The monoisotopic (exact) mass is 318 g/mol. The summed E-state index contributed by atoms with van der Waals surface area (Å²) in [5.41, 5.74) is 2.18. The number of fused-ring (bicyclic) bond motifs is 1. The van der Waals surface area contributed by atoms with Crippen molar-refractivity contribution in [1.29, 1.82) is 0 Å². The molecule has 0 bridgehead atoms. The molecule has 0 unspecified atom stereocenters. The molecule has 1 N–H and O–H groups in total. The summed E-state index contributed by atoms with van der Waals surface area (Å²) in [4.78, 5) is 11.7. The van der Waals surface area contributed by atoms with E-state index in [1.165, 1.54) is 19.3 Å². The Labute approximate surface area is 139 Å². The number of ether oxygens (including phenoxy) is 1. The third-order valence-corrected chi connectivity index (χ3v) is 6.87. The SMILES string of the molecule is C=C1[C@H](O)C[C@H]2C(C)(C)CCC[C@]2(C)[C@H]1C/C=C1\CCOC1=O. The van der Waals surface area contributed by atoms with Crippen LogP contribution in [0.15, 0.2) is 23.8 Å². The predicted molar refractivity (Wildman–Crippen MR) is 90.8 cm³/mol. The van der Waals surface area contributed by atoms with Gasteiger partial charge in [-0.1, -0.05) is 39.8 Å². The molecule has 0 aromatic rings. The van der Waals surface area contributed by atoms with Gasteiger partial charge >= 0.3 is 5.97 Å². The van der Waals surface area contributed by atoms with Gasteiger partial charge in [0, 0.05) is 12.0 Å². The Kier molecular flexibility index (Phi) is 4.20. The van der Waals surface area contributed by atoms with Gasteiger partial charge in [-0.25, -0.2) is 4.79 Å². The van der Waals surface area contributed by atoms with Crippen LogP contribution in [0.4, 0.5) is 0 Å². The molecule has 128 valence electrons. The standard InChI is InChI=1S/C20H30O3/c1-13-15(7-6-14-8-11-23-18(14)22)20(4)10-5-9-19(2,3)17(20)12-16(13)21/h6,15-17,21H,1,5,7-12H2,2-4H3/b14-6+/t15-,16+,17-,20+/m0/s1. The molecule has 0 aromatic carbocycles. The van der Waals surface area contributed by atoms with Crippen LogP contribution in [0.1, 0.15) is 59.3 Å². The first kappa shape index (κ1) is 16.8. The smallest absolute Gasteiger partial charge is 0.333 e. The summed E-state index contributed by atoms with van der Waals surface area (Å²) in [6.07, 6.45) is 7.63. The third-order valence-electron chi connectivity index (χ3n) is 6.87. The fourth-order valence-electron chi connectivity index (χ4n) is 5.52. The van der Waals surface area contributed by atoms with Crippen LogP contribution < -0.4 is 0 Å². The Morgan fingerprint density at radius 1 is 1.35 bits per heavy atom. The van der Waals surface area contributed by atoms with Crippen molar-refractivity contribution in [2.45, 2.75) is 65.4 Å². The fourth-order valence-corrected chi connectivity index (χ4v) is 5.52. The van der Waals surface area contributed by atoms with E-state index in [2.05, 4.69) is 27.4 Å². The largest absolute Gasteiger partial charge is 0.462 e. The second-order valence-electron chi connectivity index (χ2n) is 8.63. The summed E-state index contributed by atoms with van der Waals surface area (Å²) < 4.78 is 5.04. The molecule has 2 saturated carbocycles. The van der Waals surface area contributed by atoms with E-state index in [-0.39, 0.29) is 22.7 Å². The van der Waals surface area contributed by atoms with Crippen molar-refractivity contribution in [3.63, 3.8) is 0 Å². The van der Waals surface area contributed by atoms with Gasteiger partial charge < -0.3 is 9.84 Å². The molecular weight excluding hydrogens is 288 g/mol. The number of carbonyl (C=O) groups is 1. The zero-order chi connectivity index (χ0) is 16.8. The average Bonchev–Trinajstić information content (AvgIpc) is 2.87. The van der Waals surface area contributed by atoms with E-state index >= 15 is 0 Å². The first-order chi connectivity index (χ1) is 10.8. The highest BCUT2D eigenvalue weighted by atomic mass is 16.5. The van der Waals surface area contributed by atoms with Gasteiger partial charge in [0.15, 0.2) is 0 Å². The zero-order valence-electron chi connectivity index (χ0n) is 14.7. The number of allylic oxidation sites excluding steroid dienone is 1. The number of hydrogen-bond donors (Lipinski definition) is 1. The second kappa shape index (κ2) is 5.77. The van der Waals surface area contributed by atoms with Crippen molar-refractivity contribution < 1.29 is 14.6 Å². The molecule has 1 saturated heterocycles. The minimum Gasteiger partial charge on any atom is -0.462 e. The maximum absolute atomic E-state index is 11.7. The van der Waals surface area contributed by atoms with Crippen LogP contribution >= 0.6 is 0 Å². The summed E-state index contributed by atoms with van der Waals surface area (Å²) in [7, 11) is 0. The van der Waals surface area contributed by atoms with Gasteiger partial charge in [-0.2, -0.15) is 0 Å². The van der Waals surface area contributed by atoms with E-state index in [0.717, 1.165) is 24.0 Å². The molecule has 0 radical (unpaired) electrons. The maximum Gasteiger partial charge on any atom is 0.333 e. The molecule has 23 heavy (non-hydrogen) atoms. The number of esters is 1. The number of cyclic esters (lactones) is 1. The molecule has 0 aromatic heterocycles. The molecule has 3 rings (SSSR count). The summed E-state index contributed by atoms with van der Waals surface area (Å²) in [6, 6.07) is 0. The van der Waals surface area contributed by atoms with Gasteiger partial charge in [0.2, 0.25) is 0 Å². The normalized spacial score (nSPS) is 41.7. The molecule has 3 aliphatic rings. The Balaban J connectivity index is 1.89. The Morgan fingerprint density at radius 2 is 2.09 bits per heavy atom. The van der Waals surface area contributed by atoms with Gasteiger partial charge in [0.05, 0.1) is 12.7 Å². The highest BCUT2D eigenvalue weighted by Crippen LogP contribution is 2.61.